The van der Waals surface area contributed by atoms with E-state index in [2.05, 4.69) is 15.6 Å². The molecule has 136 valence electrons. The maximum atomic E-state index is 11.1. The Kier molecular flexibility index (Phi) is 5.12. The molecule has 2 aromatic carbocycles. The number of nitrogens with two attached hydrogens (primary N) is 1. The molecule has 4 N–H and O–H groups in total. The van der Waals surface area contributed by atoms with E-state index in [0.29, 0.717) is 28.7 Å². The molecule has 0 aliphatic carbocycles. The number of pyridine rings is 1. The number of ether oxygens (including phenoxy) is 1. The lowest BCUT2D eigenvalue weighted by molar-refractivity contribution is -0.383. The van der Waals surface area contributed by atoms with Gasteiger partial charge in [-0.3, -0.25) is 10.1 Å². The van der Waals surface area contributed by atoms with Crippen molar-refractivity contribution in [2.24, 2.45) is 5.73 Å². The number of rotatable bonds is 6. The minimum atomic E-state index is -0.650. The fourth-order valence-corrected chi connectivity index (χ4v) is 2.30. The van der Waals surface area contributed by atoms with Crippen molar-refractivity contribution in [2.45, 2.75) is 0 Å². The van der Waals surface area contributed by atoms with Crippen LogP contribution in [0.1, 0.15) is 0 Å². The second-order valence-corrected chi connectivity index (χ2v) is 5.39. The predicted octanol–water partition coefficient (Wildman–Crippen LogP) is 4.02. The number of carbonyl (C=O) groups excluding carboxylic acids is 1. The van der Waals surface area contributed by atoms with Gasteiger partial charge in [-0.15, -0.1) is 0 Å². The van der Waals surface area contributed by atoms with E-state index in [1.165, 1.54) is 12.3 Å². The molecule has 0 spiro atoms. The van der Waals surface area contributed by atoms with E-state index in [9.17, 15) is 14.9 Å². The smallest absolute Gasteiger partial charge is 0.316 e. The number of benzene rings is 2. The van der Waals surface area contributed by atoms with Gasteiger partial charge in [-0.2, -0.15) is 0 Å². The van der Waals surface area contributed by atoms with Gasteiger partial charge < -0.3 is 21.1 Å². The van der Waals surface area contributed by atoms with E-state index in [1.807, 2.05) is 0 Å². The third-order valence-electron chi connectivity index (χ3n) is 3.45. The van der Waals surface area contributed by atoms with Crippen molar-refractivity contribution in [3.63, 3.8) is 0 Å². The highest BCUT2D eigenvalue weighted by Gasteiger charge is 2.13. The summed E-state index contributed by atoms with van der Waals surface area (Å²) in [4.78, 5) is 25.6. The molecular weight excluding hydrogens is 350 g/mol. The van der Waals surface area contributed by atoms with Crippen molar-refractivity contribution >= 4 is 28.9 Å². The topological polar surface area (TPSA) is 132 Å². The Morgan fingerprint density at radius 1 is 1.07 bits per heavy atom. The number of aromatic nitrogens is 1. The number of para-hydroxylation sites is 2. The molecule has 0 atom stereocenters. The van der Waals surface area contributed by atoms with Crippen molar-refractivity contribution in [2.75, 3.05) is 10.6 Å². The van der Waals surface area contributed by atoms with Gasteiger partial charge in [0.15, 0.2) is 0 Å². The SMILES string of the molecule is NC(=O)Nc1ccc(Oc2ccnc(Nc3ccccc3[N+](=O)[O-])c2)cc1. The normalized spacial score (nSPS) is 10.1. The molecule has 0 aliphatic rings. The van der Waals surface area contributed by atoms with Gasteiger partial charge in [-0.05, 0) is 36.4 Å². The summed E-state index contributed by atoms with van der Waals surface area (Å²) in [6.07, 6.45) is 1.52. The molecule has 2 amide bonds. The Balaban J connectivity index is 1.74. The van der Waals surface area contributed by atoms with Crippen LogP contribution in [0.5, 0.6) is 11.5 Å². The minimum absolute atomic E-state index is 0.0526. The Morgan fingerprint density at radius 2 is 1.81 bits per heavy atom. The first kappa shape index (κ1) is 17.7. The standard InChI is InChI=1S/C18H15N5O4/c19-18(24)21-12-5-7-13(8-6-12)27-14-9-10-20-17(11-14)22-15-3-1-2-4-16(15)23(25)26/h1-11H,(H,20,22)(H3,19,21,24). The quantitative estimate of drug-likeness (QED) is 0.446. The van der Waals surface area contributed by atoms with Gasteiger partial charge in [0.2, 0.25) is 0 Å². The number of amides is 2. The maximum Gasteiger partial charge on any atom is 0.316 e. The summed E-state index contributed by atoms with van der Waals surface area (Å²) < 4.78 is 5.74. The molecule has 0 unspecified atom stereocenters. The summed E-state index contributed by atoms with van der Waals surface area (Å²) in [6, 6.07) is 15.5. The van der Waals surface area contributed by atoms with E-state index in [0.717, 1.165) is 0 Å². The fraction of sp³-hybridized carbons (Fsp3) is 0. The number of urea groups is 1. The lowest BCUT2D eigenvalue weighted by Crippen LogP contribution is -2.19. The number of hydrogen-bond donors (Lipinski definition) is 3. The van der Waals surface area contributed by atoms with Crippen molar-refractivity contribution in [3.8, 4) is 11.5 Å². The molecule has 0 saturated heterocycles. The summed E-state index contributed by atoms with van der Waals surface area (Å²) in [5, 5.41) is 16.5. The number of nitro groups is 1. The number of nitrogens with one attached hydrogen (secondary N) is 2. The highest BCUT2D eigenvalue weighted by molar-refractivity contribution is 5.87. The Labute approximate surface area is 153 Å². The van der Waals surface area contributed by atoms with Crippen LogP contribution in [0, 0.1) is 10.1 Å². The molecular formula is C18H15N5O4. The van der Waals surface area contributed by atoms with E-state index in [1.54, 1.807) is 54.6 Å². The second-order valence-electron chi connectivity index (χ2n) is 5.39. The fourth-order valence-electron chi connectivity index (χ4n) is 2.30. The summed E-state index contributed by atoms with van der Waals surface area (Å²) >= 11 is 0. The first-order valence-electron chi connectivity index (χ1n) is 7.82. The Bertz CT molecular complexity index is 975. The average Bonchev–Trinajstić information content (AvgIpc) is 2.63. The van der Waals surface area contributed by atoms with E-state index in [4.69, 9.17) is 10.5 Å². The van der Waals surface area contributed by atoms with Gasteiger partial charge in [-0.1, -0.05) is 12.1 Å². The number of primary amides is 1. The average molecular weight is 365 g/mol. The van der Waals surface area contributed by atoms with Gasteiger partial charge in [0.25, 0.3) is 5.69 Å². The largest absolute Gasteiger partial charge is 0.457 e. The van der Waals surface area contributed by atoms with Crippen LogP contribution in [0.4, 0.5) is 27.7 Å². The van der Waals surface area contributed by atoms with Crippen molar-refractivity contribution < 1.29 is 14.5 Å². The van der Waals surface area contributed by atoms with Gasteiger partial charge in [0, 0.05) is 24.0 Å². The molecule has 0 aliphatic heterocycles. The zero-order chi connectivity index (χ0) is 19.2. The molecule has 27 heavy (non-hydrogen) atoms. The van der Waals surface area contributed by atoms with Crippen LogP contribution in [0.25, 0.3) is 0 Å². The van der Waals surface area contributed by atoms with Crippen LogP contribution in [0.2, 0.25) is 0 Å². The predicted molar refractivity (Wildman–Crippen MR) is 100 cm³/mol. The summed E-state index contributed by atoms with van der Waals surface area (Å²) in [6.45, 7) is 0. The van der Waals surface area contributed by atoms with Crippen molar-refractivity contribution in [1.29, 1.82) is 0 Å². The van der Waals surface area contributed by atoms with Crippen molar-refractivity contribution in [1.82, 2.24) is 4.98 Å². The molecule has 0 radical (unpaired) electrons. The summed E-state index contributed by atoms with van der Waals surface area (Å²) in [5.74, 6) is 1.42. The Hall–Kier alpha value is -4.14. The first-order chi connectivity index (χ1) is 13.0. The van der Waals surface area contributed by atoms with Gasteiger partial charge in [0.05, 0.1) is 4.92 Å². The van der Waals surface area contributed by atoms with E-state index < -0.39 is 11.0 Å². The van der Waals surface area contributed by atoms with Crippen LogP contribution in [-0.4, -0.2) is 15.9 Å². The molecule has 1 aromatic heterocycles. The Morgan fingerprint density at radius 3 is 2.52 bits per heavy atom. The highest BCUT2D eigenvalue weighted by Crippen LogP contribution is 2.29. The molecule has 9 nitrogen and oxygen atoms in total. The summed E-state index contributed by atoms with van der Waals surface area (Å²) in [5.41, 5.74) is 5.88. The number of carbonyl (C=O) groups is 1. The number of nitro benzene ring substituents is 1. The third-order valence-corrected chi connectivity index (χ3v) is 3.45. The number of nitrogens with zero attached hydrogens (tertiary/aromatic N) is 2. The van der Waals surface area contributed by atoms with E-state index in [-0.39, 0.29) is 5.69 Å². The third kappa shape index (κ3) is 4.69. The van der Waals surface area contributed by atoms with E-state index >= 15 is 0 Å². The molecule has 0 bridgehead atoms. The number of anilines is 3. The van der Waals surface area contributed by atoms with Crippen LogP contribution in [-0.2, 0) is 0 Å². The molecule has 0 saturated carbocycles. The molecule has 9 heteroatoms. The lowest BCUT2D eigenvalue weighted by Gasteiger charge is -2.10. The number of hydrogen-bond acceptors (Lipinski definition) is 6. The van der Waals surface area contributed by atoms with Crippen LogP contribution in [0.15, 0.2) is 66.9 Å². The molecule has 3 rings (SSSR count). The van der Waals surface area contributed by atoms with Gasteiger partial charge in [0.1, 0.15) is 23.0 Å². The molecule has 1 heterocycles. The summed E-state index contributed by atoms with van der Waals surface area (Å²) in [7, 11) is 0. The van der Waals surface area contributed by atoms with Gasteiger partial charge in [-0.25, -0.2) is 9.78 Å². The van der Waals surface area contributed by atoms with Crippen LogP contribution < -0.4 is 21.1 Å². The monoisotopic (exact) mass is 365 g/mol. The first-order valence-corrected chi connectivity index (χ1v) is 7.82. The van der Waals surface area contributed by atoms with Gasteiger partial charge >= 0.3 is 6.03 Å². The lowest BCUT2D eigenvalue weighted by atomic mass is 10.2. The molecule has 3 aromatic rings. The van der Waals surface area contributed by atoms with Crippen LogP contribution >= 0.6 is 0 Å². The molecule has 0 fully saturated rings. The van der Waals surface area contributed by atoms with Crippen molar-refractivity contribution in [3.05, 3.63) is 77.0 Å². The second kappa shape index (κ2) is 7.83. The van der Waals surface area contributed by atoms with Crippen LogP contribution in [0.3, 0.4) is 0 Å². The zero-order valence-electron chi connectivity index (χ0n) is 14.0. The zero-order valence-corrected chi connectivity index (χ0v) is 14.0. The highest BCUT2D eigenvalue weighted by atomic mass is 16.6. The maximum absolute atomic E-state index is 11.1. The minimum Gasteiger partial charge on any atom is -0.457 e.